The van der Waals surface area contributed by atoms with E-state index in [1.54, 1.807) is 0 Å². The average Bonchev–Trinajstić information content (AvgIpc) is 3.24. The number of hydrogen-bond acceptors (Lipinski definition) is 4. The third kappa shape index (κ3) is 2.90. The quantitative estimate of drug-likeness (QED) is 0.652. The first-order valence-corrected chi connectivity index (χ1v) is 11.4. The molecular formula is C26H36O4. The first kappa shape index (κ1) is 21.5. The van der Waals surface area contributed by atoms with Crippen LogP contribution in [0, 0.1) is 43.4 Å². The molecule has 0 amide bonds. The van der Waals surface area contributed by atoms with Gasteiger partial charge in [-0.05, 0) is 77.5 Å². The number of benzene rings is 1. The number of carbonyl (C=O) groups is 2. The van der Waals surface area contributed by atoms with Crippen LogP contribution in [0.2, 0.25) is 0 Å². The summed E-state index contributed by atoms with van der Waals surface area (Å²) in [5, 5.41) is 0. The number of ketones is 1. The van der Waals surface area contributed by atoms with Gasteiger partial charge in [0.1, 0.15) is 6.10 Å². The van der Waals surface area contributed by atoms with E-state index in [-0.39, 0.29) is 29.9 Å². The van der Waals surface area contributed by atoms with Crippen molar-refractivity contribution in [2.45, 2.75) is 92.5 Å². The largest absolute Gasteiger partial charge is 0.460 e. The summed E-state index contributed by atoms with van der Waals surface area (Å²) in [5.41, 5.74) is 3.22. The van der Waals surface area contributed by atoms with Gasteiger partial charge in [-0.1, -0.05) is 31.0 Å². The molecule has 4 unspecified atom stereocenters. The maximum absolute atomic E-state index is 14.1. The second-order valence-corrected chi connectivity index (χ2v) is 11.1. The molecule has 0 aromatic heterocycles. The van der Waals surface area contributed by atoms with Crippen LogP contribution in [0.5, 0.6) is 0 Å². The number of aryl methyl sites for hydroxylation is 3. The van der Waals surface area contributed by atoms with Crippen molar-refractivity contribution >= 4 is 11.8 Å². The maximum Gasteiger partial charge on any atom is 0.311 e. The molecule has 3 aliphatic rings. The number of ether oxygens (including phenoxy) is 2. The van der Waals surface area contributed by atoms with Crippen LogP contribution in [0.1, 0.15) is 75.6 Å². The van der Waals surface area contributed by atoms with Crippen molar-refractivity contribution < 1.29 is 19.1 Å². The predicted molar refractivity (Wildman–Crippen MR) is 116 cm³/mol. The number of esters is 1. The van der Waals surface area contributed by atoms with Crippen molar-refractivity contribution in [3.63, 3.8) is 0 Å². The lowest BCUT2D eigenvalue weighted by Gasteiger charge is -2.37. The Hall–Kier alpha value is -1.68. The van der Waals surface area contributed by atoms with Crippen molar-refractivity contribution in [1.82, 2.24) is 0 Å². The Bertz CT molecular complexity index is 872. The molecule has 1 aromatic rings. The zero-order valence-corrected chi connectivity index (χ0v) is 19.7. The maximum atomic E-state index is 14.1. The van der Waals surface area contributed by atoms with Crippen LogP contribution < -0.4 is 0 Å². The molecule has 4 nitrogen and oxygen atoms in total. The number of rotatable bonds is 3. The standard InChI is InChI=1S/C26H36O4/c1-9-16-12-17-20-21(30-24(28)25(5,6)7)19(22(27)26(20,8)23(16)29-17)18-14(3)10-13(2)11-15(18)4/h10-11,16-17,19-21,23H,9,12H2,1-8H3/t16-,17?,19?,20-,21?,23?,26-/m1/s1. The summed E-state index contributed by atoms with van der Waals surface area (Å²) in [6, 6.07) is 4.27. The van der Waals surface area contributed by atoms with Crippen molar-refractivity contribution in [3.05, 3.63) is 34.4 Å². The van der Waals surface area contributed by atoms with Crippen LogP contribution in [0.15, 0.2) is 12.1 Å². The number of hydrogen-bond donors (Lipinski definition) is 0. The first-order valence-electron chi connectivity index (χ1n) is 11.4. The molecule has 4 heteroatoms. The summed E-state index contributed by atoms with van der Waals surface area (Å²) < 4.78 is 12.6. The first-order chi connectivity index (χ1) is 13.9. The van der Waals surface area contributed by atoms with Crippen molar-refractivity contribution in [2.75, 3.05) is 0 Å². The van der Waals surface area contributed by atoms with Crippen molar-refractivity contribution in [1.29, 1.82) is 0 Å². The van der Waals surface area contributed by atoms with E-state index in [0.29, 0.717) is 5.92 Å². The lowest BCUT2D eigenvalue weighted by Crippen LogP contribution is -2.46. The molecule has 7 atom stereocenters. The van der Waals surface area contributed by atoms with Crippen LogP contribution in [0.3, 0.4) is 0 Å². The highest BCUT2D eigenvalue weighted by molar-refractivity contribution is 5.97. The minimum Gasteiger partial charge on any atom is -0.460 e. The molecule has 3 fully saturated rings. The van der Waals surface area contributed by atoms with E-state index in [4.69, 9.17) is 9.47 Å². The molecule has 2 bridgehead atoms. The van der Waals surface area contributed by atoms with Crippen molar-refractivity contribution in [3.8, 4) is 0 Å². The third-order valence-electron chi connectivity index (χ3n) is 7.89. The van der Waals surface area contributed by atoms with Gasteiger partial charge in [-0.25, -0.2) is 0 Å². The van der Waals surface area contributed by atoms with Gasteiger partial charge in [-0.2, -0.15) is 0 Å². The highest BCUT2D eigenvalue weighted by Crippen LogP contribution is 2.64. The van der Waals surface area contributed by atoms with E-state index in [2.05, 4.69) is 46.8 Å². The molecule has 1 aliphatic carbocycles. The van der Waals surface area contributed by atoms with E-state index in [0.717, 1.165) is 29.5 Å². The van der Waals surface area contributed by atoms with Crippen LogP contribution in [0.25, 0.3) is 0 Å². The molecule has 2 heterocycles. The molecule has 30 heavy (non-hydrogen) atoms. The zero-order valence-electron chi connectivity index (χ0n) is 19.7. The molecular weight excluding hydrogens is 376 g/mol. The summed E-state index contributed by atoms with van der Waals surface area (Å²) in [6.45, 7) is 16.1. The predicted octanol–water partition coefficient (Wildman–Crippen LogP) is 5.06. The van der Waals surface area contributed by atoms with Crippen LogP contribution in [-0.2, 0) is 19.1 Å². The van der Waals surface area contributed by atoms with Gasteiger partial charge in [0.05, 0.1) is 29.0 Å². The second-order valence-electron chi connectivity index (χ2n) is 11.1. The van der Waals surface area contributed by atoms with Crippen LogP contribution in [0.4, 0.5) is 0 Å². The Labute approximate surface area is 180 Å². The SMILES string of the molecule is CC[C@@H]1CC2OC1[C@@]1(C)C(=O)C(c3c(C)cc(C)cc3C)C(OC(=O)C(C)(C)C)[C@@H]21. The fourth-order valence-electron chi connectivity index (χ4n) is 6.56. The van der Waals surface area contributed by atoms with Gasteiger partial charge in [0.2, 0.25) is 0 Å². The Kier molecular flexibility index (Phi) is 4.97. The van der Waals surface area contributed by atoms with Crippen LogP contribution in [-0.4, -0.2) is 30.1 Å². The van der Waals surface area contributed by atoms with Gasteiger partial charge in [0.15, 0.2) is 5.78 Å². The third-order valence-corrected chi connectivity index (χ3v) is 7.89. The smallest absolute Gasteiger partial charge is 0.311 e. The highest BCUT2D eigenvalue weighted by Gasteiger charge is 2.73. The van der Waals surface area contributed by atoms with Gasteiger partial charge in [-0.3, -0.25) is 9.59 Å². The Balaban J connectivity index is 1.84. The molecule has 2 aliphatic heterocycles. The lowest BCUT2D eigenvalue weighted by atomic mass is 9.64. The van der Waals surface area contributed by atoms with E-state index in [1.807, 2.05) is 20.8 Å². The lowest BCUT2D eigenvalue weighted by molar-refractivity contribution is -0.163. The minimum atomic E-state index is -0.617. The normalized spacial score (nSPS) is 37.5. The van der Waals surface area contributed by atoms with E-state index >= 15 is 0 Å². The molecule has 1 saturated carbocycles. The van der Waals surface area contributed by atoms with Gasteiger partial charge < -0.3 is 9.47 Å². The van der Waals surface area contributed by atoms with Gasteiger partial charge in [0, 0.05) is 5.92 Å². The molecule has 0 N–H and O–H groups in total. The Morgan fingerprint density at radius 1 is 1.20 bits per heavy atom. The molecule has 164 valence electrons. The molecule has 2 saturated heterocycles. The Morgan fingerprint density at radius 3 is 2.33 bits per heavy atom. The molecule has 4 rings (SSSR count). The summed E-state index contributed by atoms with van der Waals surface area (Å²) >= 11 is 0. The zero-order chi connectivity index (χ0) is 22.2. The van der Waals surface area contributed by atoms with Crippen molar-refractivity contribution in [2.24, 2.45) is 22.7 Å². The molecule has 0 spiro atoms. The van der Waals surface area contributed by atoms with E-state index in [9.17, 15) is 9.59 Å². The second kappa shape index (κ2) is 6.91. The Morgan fingerprint density at radius 2 is 1.80 bits per heavy atom. The summed E-state index contributed by atoms with van der Waals surface area (Å²) in [4.78, 5) is 27.1. The fourth-order valence-corrected chi connectivity index (χ4v) is 6.56. The van der Waals surface area contributed by atoms with E-state index in [1.165, 1.54) is 5.56 Å². The van der Waals surface area contributed by atoms with Gasteiger partial charge >= 0.3 is 5.97 Å². The van der Waals surface area contributed by atoms with Gasteiger partial charge in [0.25, 0.3) is 0 Å². The number of carbonyl (C=O) groups excluding carboxylic acids is 2. The number of Topliss-reactive ketones (excluding diaryl/α,β-unsaturated/α-hetero) is 1. The van der Waals surface area contributed by atoms with Crippen LogP contribution >= 0.6 is 0 Å². The summed E-state index contributed by atoms with van der Waals surface area (Å²) in [5.74, 6) is -0.143. The average molecular weight is 413 g/mol. The highest BCUT2D eigenvalue weighted by atomic mass is 16.6. The topological polar surface area (TPSA) is 52.6 Å². The monoisotopic (exact) mass is 412 g/mol. The molecule has 0 radical (unpaired) electrons. The fraction of sp³-hybridized carbons (Fsp3) is 0.692. The summed E-state index contributed by atoms with van der Waals surface area (Å²) in [7, 11) is 0. The number of fused-ring (bicyclic) bond motifs is 5. The van der Waals surface area contributed by atoms with Gasteiger partial charge in [-0.15, -0.1) is 0 Å². The van der Waals surface area contributed by atoms with E-state index < -0.39 is 22.9 Å². The minimum absolute atomic E-state index is 0.0114. The molecule has 1 aromatic carbocycles. The summed E-state index contributed by atoms with van der Waals surface area (Å²) in [6.07, 6.45) is 1.41.